The molecular weight excluding hydrogens is 232 g/mol. The molecule has 0 saturated carbocycles. The molecule has 1 aliphatic heterocycles. The molecule has 1 N–H and O–H groups in total. The Balaban J connectivity index is 2.18. The van der Waals surface area contributed by atoms with E-state index in [-0.39, 0.29) is 5.91 Å². The number of carbonyl (C=O) groups excluding carboxylic acids is 1. The van der Waals surface area contributed by atoms with Crippen molar-refractivity contribution < 1.29 is 4.79 Å². The van der Waals surface area contributed by atoms with Crippen molar-refractivity contribution in [3.05, 3.63) is 29.8 Å². The Morgan fingerprint density at radius 3 is 2.88 bits per heavy atom. The number of rotatable bonds is 3. The van der Waals surface area contributed by atoms with Gasteiger partial charge in [0.1, 0.15) is 0 Å². The van der Waals surface area contributed by atoms with Crippen LogP contribution in [0.25, 0.3) is 0 Å². The van der Waals surface area contributed by atoms with Crippen molar-refractivity contribution in [2.45, 2.75) is 17.4 Å². The summed E-state index contributed by atoms with van der Waals surface area (Å²) in [6, 6.07) is 8.14. The van der Waals surface area contributed by atoms with Crippen LogP contribution in [0.15, 0.2) is 29.2 Å². The molecule has 17 heavy (non-hydrogen) atoms. The largest absolute Gasteiger partial charge is 0.337 e. The number of benzene rings is 1. The Kier molecular flexibility index (Phi) is 4.07. The van der Waals surface area contributed by atoms with E-state index in [0.717, 1.165) is 30.0 Å². The lowest BCUT2D eigenvalue weighted by molar-refractivity contribution is 0.0740. The fourth-order valence-corrected chi connectivity index (χ4v) is 2.74. The molecule has 92 valence electrons. The summed E-state index contributed by atoms with van der Waals surface area (Å²) in [6.45, 7) is 1.91. The van der Waals surface area contributed by atoms with Crippen LogP contribution in [0.3, 0.4) is 0 Å². The van der Waals surface area contributed by atoms with Gasteiger partial charge in [-0.25, -0.2) is 0 Å². The van der Waals surface area contributed by atoms with Gasteiger partial charge in [-0.2, -0.15) is 0 Å². The molecular formula is C13H18N2OS. The topological polar surface area (TPSA) is 32.3 Å². The molecule has 0 aliphatic carbocycles. The fourth-order valence-electron chi connectivity index (χ4n) is 2.15. The average Bonchev–Trinajstić information content (AvgIpc) is 2.90. The number of nitrogens with zero attached hydrogens (tertiary/aromatic N) is 1. The molecule has 1 saturated heterocycles. The van der Waals surface area contributed by atoms with Gasteiger partial charge in [-0.05, 0) is 31.4 Å². The van der Waals surface area contributed by atoms with E-state index in [1.54, 1.807) is 11.8 Å². The maximum atomic E-state index is 12.4. The van der Waals surface area contributed by atoms with Gasteiger partial charge in [-0.3, -0.25) is 4.79 Å². The van der Waals surface area contributed by atoms with Crippen LogP contribution in [0, 0.1) is 0 Å². The first-order valence-electron chi connectivity index (χ1n) is 5.85. The standard InChI is InChI=1S/C13H18N2OS/c1-15(10-7-8-14-9-10)13(16)11-5-3-4-6-12(11)17-2/h3-6,10,14H,7-9H2,1-2H3/t10-/m1/s1. The highest BCUT2D eigenvalue weighted by atomic mass is 32.2. The third-order valence-electron chi connectivity index (χ3n) is 3.24. The minimum atomic E-state index is 0.128. The molecule has 1 heterocycles. The van der Waals surface area contributed by atoms with Crippen LogP contribution in [-0.2, 0) is 0 Å². The zero-order chi connectivity index (χ0) is 12.3. The molecule has 0 aromatic heterocycles. The lowest BCUT2D eigenvalue weighted by Gasteiger charge is -2.24. The first-order chi connectivity index (χ1) is 8.24. The van der Waals surface area contributed by atoms with Crippen molar-refractivity contribution >= 4 is 17.7 Å². The summed E-state index contributed by atoms with van der Waals surface area (Å²) < 4.78 is 0. The van der Waals surface area contributed by atoms with Crippen LogP contribution in [0.1, 0.15) is 16.8 Å². The summed E-state index contributed by atoms with van der Waals surface area (Å²) in [5.74, 6) is 0.128. The van der Waals surface area contributed by atoms with Crippen LogP contribution in [-0.4, -0.2) is 43.2 Å². The number of nitrogens with one attached hydrogen (secondary N) is 1. The average molecular weight is 250 g/mol. The third kappa shape index (κ3) is 2.64. The summed E-state index contributed by atoms with van der Waals surface area (Å²) >= 11 is 1.62. The smallest absolute Gasteiger partial charge is 0.255 e. The Morgan fingerprint density at radius 1 is 1.47 bits per heavy atom. The van der Waals surface area contributed by atoms with Gasteiger partial charge in [0.05, 0.1) is 5.56 Å². The van der Waals surface area contributed by atoms with E-state index in [9.17, 15) is 4.79 Å². The maximum absolute atomic E-state index is 12.4. The van der Waals surface area contributed by atoms with Gasteiger partial charge in [0.2, 0.25) is 0 Å². The summed E-state index contributed by atoms with van der Waals surface area (Å²) in [4.78, 5) is 15.3. The zero-order valence-electron chi connectivity index (χ0n) is 10.3. The van der Waals surface area contributed by atoms with Crippen LogP contribution >= 0.6 is 11.8 Å². The minimum Gasteiger partial charge on any atom is -0.337 e. The SMILES string of the molecule is CSc1ccccc1C(=O)N(C)[C@@H]1CCNC1. The molecule has 1 atom stereocenters. The predicted octanol–water partition coefficient (Wildman–Crippen LogP) is 1.84. The van der Waals surface area contributed by atoms with Crippen molar-refractivity contribution in [3.8, 4) is 0 Å². The molecule has 0 bridgehead atoms. The second-order valence-electron chi connectivity index (χ2n) is 4.26. The molecule has 1 fully saturated rings. The van der Waals surface area contributed by atoms with Gasteiger partial charge in [0.25, 0.3) is 5.91 Å². The van der Waals surface area contributed by atoms with Crippen molar-refractivity contribution in [2.75, 3.05) is 26.4 Å². The lowest BCUT2D eigenvalue weighted by Crippen LogP contribution is -2.38. The molecule has 1 aromatic carbocycles. The number of hydrogen-bond acceptors (Lipinski definition) is 3. The van der Waals surface area contributed by atoms with Gasteiger partial charge in [-0.15, -0.1) is 11.8 Å². The maximum Gasteiger partial charge on any atom is 0.255 e. The van der Waals surface area contributed by atoms with Gasteiger partial charge < -0.3 is 10.2 Å². The Bertz CT molecular complexity index is 402. The molecule has 3 nitrogen and oxygen atoms in total. The van der Waals surface area contributed by atoms with E-state index in [1.165, 1.54) is 0 Å². The van der Waals surface area contributed by atoms with Crippen molar-refractivity contribution in [1.82, 2.24) is 10.2 Å². The molecule has 0 radical (unpaired) electrons. The Morgan fingerprint density at radius 2 is 2.24 bits per heavy atom. The first-order valence-corrected chi connectivity index (χ1v) is 7.07. The molecule has 4 heteroatoms. The molecule has 0 unspecified atom stereocenters. The zero-order valence-corrected chi connectivity index (χ0v) is 11.1. The van der Waals surface area contributed by atoms with E-state index >= 15 is 0 Å². The summed E-state index contributed by atoms with van der Waals surface area (Å²) in [5.41, 5.74) is 0.814. The van der Waals surface area contributed by atoms with Crippen molar-refractivity contribution in [2.24, 2.45) is 0 Å². The molecule has 1 amide bonds. The highest BCUT2D eigenvalue weighted by Crippen LogP contribution is 2.22. The Hall–Kier alpha value is -1.00. The van der Waals surface area contributed by atoms with Crippen LogP contribution in [0.2, 0.25) is 0 Å². The highest BCUT2D eigenvalue weighted by Gasteiger charge is 2.24. The number of amides is 1. The van der Waals surface area contributed by atoms with Gasteiger partial charge in [-0.1, -0.05) is 12.1 Å². The molecule has 1 aromatic rings. The summed E-state index contributed by atoms with van der Waals surface area (Å²) in [5, 5.41) is 3.29. The summed E-state index contributed by atoms with van der Waals surface area (Å²) in [7, 11) is 1.90. The molecule has 0 spiro atoms. The van der Waals surface area contributed by atoms with Gasteiger partial charge in [0, 0.05) is 24.5 Å². The monoisotopic (exact) mass is 250 g/mol. The van der Waals surface area contributed by atoms with E-state index in [1.807, 2.05) is 42.5 Å². The van der Waals surface area contributed by atoms with E-state index in [2.05, 4.69) is 5.32 Å². The third-order valence-corrected chi connectivity index (χ3v) is 4.04. The molecule has 1 aliphatic rings. The first kappa shape index (κ1) is 12.5. The molecule has 2 rings (SSSR count). The fraction of sp³-hybridized carbons (Fsp3) is 0.462. The van der Waals surface area contributed by atoms with Crippen LogP contribution in [0.4, 0.5) is 0 Å². The van der Waals surface area contributed by atoms with Crippen LogP contribution < -0.4 is 5.32 Å². The number of likely N-dealkylation sites (N-methyl/N-ethyl adjacent to an activating group) is 1. The van der Waals surface area contributed by atoms with Gasteiger partial charge >= 0.3 is 0 Å². The van der Waals surface area contributed by atoms with E-state index < -0.39 is 0 Å². The predicted molar refractivity (Wildman–Crippen MR) is 71.6 cm³/mol. The number of thioether (sulfide) groups is 1. The van der Waals surface area contributed by atoms with Crippen molar-refractivity contribution in [1.29, 1.82) is 0 Å². The summed E-state index contributed by atoms with van der Waals surface area (Å²) in [6.07, 6.45) is 3.05. The number of carbonyl (C=O) groups is 1. The minimum absolute atomic E-state index is 0.128. The van der Waals surface area contributed by atoms with Gasteiger partial charge in [0.15, 0.2) is 0 Å². The second kappa shape index (κ2) is 5.56. The van der Waals surface area contributed by atoms with Crippen LogP contribution in [0.5, 0.6) is 0 Å². The number of hydrogen-bond donors (Lipinski definition) is 1. The second-order valence-corrected chi connectivity index (χ2v) is 5.11. The van der Waals surface area contributed by atoms with Crippen molar-refractivity contribution in [3.63, 3.8) is 0 Å². The highest BCUT2D eigenvalue weighted by molar-refractivity contribution is 7.98. The van der Waals surface area contributed by atoms with E-state index in [0.29, 0.717) is 6.04 Å². The lowest BCUT2D eigenvalue weighted by atomic mass is 10.1. The van der Waals surface area contributed by atoms with E-state index in [4.69, 9.17) is 0 Å². The Labute approximate surface area is 107 Å². The quantitative estimate of drug-likeness (QED) is 0.831. The normalized spacial score (nSPS) is 19.3.